The first kappa shape index (κ1) is 24.8. The summed E-state index contributed by atoms with van der Waals surface area (Å²) in [4.78, 5) is 28.5. The van der Waals surface area contributed by atoms with Crippen LogP contribution in [-0.4, -0.2) is 22.0 Å². The third kappa shape index (κ3) is 5.06. The number of nitrogen functional groups attached to an aromatic ring is 1. The molecule has 0 unspecified atom stereocenters. The van der Waals surface area contributed by atoms with Crippen LogP contribution in [0, 0.1) is 0 Å². The van der Waals surface area contributed by atoms with E-state index >= 15 is 0 Å². The molecule has 0 spiro atoms. The minimum absolute atomic E-state index is 0.0192. The van der Waals surface area contributed by atoms with Gasteiger partial charge in [0.15, 0.2) is 0 Å². The summed E-state index contributed by atoms with van der Waals surface area (Å²) in [5.41, 5.74) is 7.52. The van der Waals surface area contributed by atoms with Gasteiger partial charge < -0.3 is 15.9 Å². The van der Waals surface area contributed by atoms with Crippen molar-refractivity contribution in [2.75, 3.05) is 10.6 Å². The number of benzene rings is 3. The van der Waals surface area contributed by atoms with Crippen LogP contribution in [0.4, 0.5) is 11.4 Å². The Balaban J connectivity index is 2.22. The van der Waals surface area contributed by atoms with Gasteiger partial charge in [-0.05, 0) is 71.5 Å². The molecule has 0 saturated heterocycles. The van der Waals surface area contributed by atoms with Crippen molar-refractivity contribution in [3.8, 4) is 11.5 Å². The molecule has 2 amide bonds. The Morgan fingerprint density at radius 2 is 1.15 bits per heavy atom. The van der Waals surface area contributed by atoms with Crippen molar-refractivity contribution in [3.05, 3.63) is 82.9 Å². The second-order valence-electron chi connectivity index (χ2n) is 10.5. The highest BCUT2D eigenvalue weighted by molar-refractivity contribution is 6.25. The predicted octanol–water partition coefficient (Wildman–Crippen LogP) is 5.76. The maximum Gasteiger partial charge on any atom is 0.265 e. The van der Waals surface area contributed by atoms with E-state index < -0.39 is 22.6 Å². The predicted molar refractivity (Wildman–Crippen MR) is 136 cm³/mol. The molecule has 0 radical (unpaired) electrons. The number of amides is 2. The van der Waals surface area contributed by atoms with Crippen molar-refractivity contribution in [1.82, 2.24) is 0 Å². The molecule has 0 bridgehead atoms. The molecular weight excluding hydrogens is 428 g/mol. The number of nitrogens with two attached hydrogens (primary N) is 1. The molecule has 3 rings (SSSR count). The van der Waals surface area contributed by atoms with Gasteiger partial charge in [-0.25, -0.2) is 4.90 Å². The monoisotopic (exact) mass is 460 g/mol. The van der Waals surface area contributed by atoms with Gasteiger partial charge in [0.05, 0.1) is 5.69 Å². The number of phenolic OH excluding ortho intramolecular Hbond substituents is 2. The van der Waals surface area contributed by atoms with Crippen LogP contribution in [0.5, 0.6) is 11.5 Å². The van der Waals surface area contributed by atoms with Crippen LogP contribution in [-0.2, 0) is 10.8 Å². The summed E-state index contributed by atoms with van der Waals surface area (Å²) in [6.07, 6.45) is 0. The highest BCUT2D eigenvalue weighted by atomic mass is 16.3. The van der Waals surface area contributed by atoms with Gasteiger partial charge in [-0.3, -0.25) is 9.59 Å². The molecule has 0 aromatic heterocycles. The van der Waals surface area contributed by atoms with Crippen molar-refractivity contribution in [1.29, 1.82) is 0 Å². The molecule has 0 atom stereocenters. The van der Waals surface area contributed by atoms with Gasteiger partial charge >= 0.3 is 0 Å². The van der Waals surface area contributed by atoms with E-state index in [1.165, 1.54) is 24.3 Å². The molecule has 4 N–H and O–H groups in total. The molecule has 3 aromatic carbocycles. The summed E-state index contributed by atoms with van der Waals surface area (Å²) in [6.45, 7) is 11.8. The Kier molecular flexibility index (Phi) is 6.47. The van der Waals surface area contributed by atoms with Crippen LogP contribution in [0.1, 0.15) is 73.4 Å². The third-order valence-corrected chi connectivity index (χ3v) is 5.64. The molecule has 6 heteroatoms. The van der Waals surface area contributed by atoms with Crippen molar-refractivity contribution in [3.63, 3.8) is 0 Å². The average molecular weight is 461 g/mol. The summed E-state index contributed by atoms with van der Waals surface area (Å²) in [6, 6.07) is 15.5. The Bertz CT molecular complexity index is 1180. The molecule has 0 aliphatic rings. The molecule has 3 aromatic rings. The number of imide groups is 1. The summed E-state index contributed by atoms with van der Waals surface area (Å²) < 4.78 is 0. The molecular formula is C28H32N2O4. The average Bonchev–Trinajstić information content (AvgIpc) is 2.74. The van der Waals surface area contributed by atoms with E-state index in [1.807, 2.05) is 41.5 Å². The zero-order chi connectivity index (χ0) is 25.4. The maximum absolute atomic E-state index is 13.9. The number of phenols is 2. The molecule has 0 saturated carbocycles. The van der Waals surface area contributed by atoms with Gasteiger partial charge in [0, 0.05) is 27.9 Å². The number of hydrogen-bond donors (Lipinski definition) is 3. The number of carbonyl (C=O) groups is 2. The zero-order valence-electron chi connectivity index (χ0n) is 20.5. The number of hydrogen-bond acceptors (Lipinski definition) is 5. The number of anilines is 2. The van der Waals surface area contributed by atoms with E-state index in [-0.39, 0.29) is 17.1 Å². The molecule has 178 valence electrons. The van der Waals surface area contributed by atoms with Crippen molar-refractivity contribution < 1.29 is 19.8 Å². The first-order valence-electron chi connectivity index (χ1n) is 11.1. The summed E-state index contributed by atoms with van der Waals surface area (Å²) in [5, 5.41) is 20.8. The van der Waals surface area contributed by atoms with Crippen molar-refractivity contribution in [2.24, 2.45) is 0 Å². The standard InChI is InChI=1S/C28H32N2O4/c1-27(2,3)22-15-18(16-23(24(22)32)28(4,5)6)26(34)30(20-11-13-21(31)14-12-20)25(33)17-7-9-19(29)10-8-17/h7-16,31-32H,29H2,1-6H3. The van der Waals surface area contributed by atoms with Crippen LogP contribution in [0.25, 0.3) is 0 Å². The summed E-state index contributed by atoms with van der Waals surface area (Å²) >= 11 is 0. The molecule has 0 fully saturated rings. The molecule has 34 heavy (non-hydrogen) atoms. The lowest BCUT2D eigenvalue weighted by atomic mass is 9.78. The Hall–Kier alpha value is -3.80. The van der Waals surface area contributed by atoms with E-state index in [0.717, 1.165) is 4.90 Å². The fourth-order valence-corrected chi connectivity index (χ4v) is 3.71. The van der Waals surface area contributed by atoms with E-state index in [2.05, 4.69) is 0 Å². The van der Waals surface area contributed by atoms with E-state index in [4.69, 9.17) is 5.73 Å². The van der Waals surface area contributed by atoms with E-state index in [0.29, 0.717) is 28.1 Å². The van der Waals surface area contributed by atoms with Gasteiger partial charge in [-0.2, -0.15) is 0 Å². The Labute approximate surface area is 200 Å². The lowest BCUT2D eigenvalue weighted by Gasteiger charge is -2.29. The fourth-order valence-electron chi connectivity index (χ4n) is 3.71. The van der Waals surface area contributed by atoms with Crippen LogP contribution < -0.4 is 10.6 Å². The van der Waals surface area contributed by atoms with Crippen molar-refractivity contribution >= 4 is 23.2 Å². The third-order valence-electron chi connectivity index (χ3n) is 5.64. The fraction of sp³-hybridized carbons (Fsp3) is 0.286. The number of aromatic hydroxyl groups is 2. The topological polar surface area (TPSA) is 104 Å². The van der Waals surface area contributed by atoms with E-state index in [9.17, 15) is 19.8 Å². The Morgan fingerprint density at radius 1 is 0.706 bits per heavy atom. The SMILES string of the molecule is CC(C)(C)c1cc(C(=O)N(C(=O)c2ccc(N)cc2)c2ccc(O)cc2)cc(C(C)(C)C)c1O. The molecule has 0 aliphatic carbocycles. The quantitative estimate of drug-likeness (QED) is 0.340. The van der Waals surface area contributed by atoms with Gasteiger partial charge in [0.2, 0.25) is 0 Å². The molecule has 0 aliphatic heterocycles. The second kappa shape index (κ2) is 8.86. The minimum atomic E-state index is -0.538. The van der Waals surface area contributed by atoms with Crippen molar-refractivity contribution in [2.45, 2.75) is 52.4 Å². The smallest absolute Gasteiger partial charge is 0.265 e. The highest BCUT2D eigenvalue weighted by Crippen LogP contribution is 2.40. The molecule has 6 nitrogen and oxygen atoms in total. The van der Waals surface area contributed by atoms with Crippen LogP contribution in [0.2, 0.25) is 0 Å². The van der Waals surface area contributed by atoms with Gasteiger partial charge in [-0.15, -0.1) is 0 Å². The van der Waals surface area contributed by atoms with Gasteiger partial charge in [0.25, 0.3) is 11.8 Å². The minimum Gasteiger partial charge on any atom is -0.508 e. The van der Waals surface area contributed by atoms with Gasteiger partial charge in [-0.1, -0.05) is 41.5 Å². The van der Waals surface area contributed by atoms with Gasteiger partial charge in [0.1, 0.15) is 11.5 Å². The zero-order valence-corrected chi connectivity index (χ0v) is 20.5. The first-order valence-corrected chi connectivity index (χ1v) is 11.1. The normalized spacial score (nSPS) is 11.8. The number of nitrogens with zero attached hydrogens (tertiary/aromatic N) is 1. The summed E-state index contributed by atoms with van der Waals surface area (Å²) in [7, 11) is 0. The second-order valence-corrected chi connectivity index (χ2v) is 10.5. The number of rotatable bonds is 3. The molecule has 0 heterocycles. The number of carbonyl (C=O) groups excluding carboxylic acids is 2. The lowest BCUT2D eigenvalue weighted by molar-refractivity contribution is 0.0897. The Morgan fingerprint density at radius 3 is 1.59 bits per heavy atom. The summed E-state index contributed by atoms with van der Waals surface area (Å²) in [5.74, 6) is -0.898. The lowest BCUT2D eigenvalue weighted by Crippen LogP contribution is -2.37. The largest absolute Gasteiger partial charge is 0.508 e. The maximum atomic E-state index is 13.9. The first-order chi connectivity index (χ1) is 15.7. The highest BCUT2D eigenvalue weighted by Gasteiger charge is 2.31. The van der Waals surface area contributed by atoms with Crippen LogP contribution in [0.3, 0.4) is 0 Å². The van der Waals surface area contributed by atoms with Crippen LogP contribution >= 0.6 is 0 Å². The van der Waals surface area contributed by atoms with Crippen LogP contribution in [0.15, 0.2) is 60.7 Å². The van der Waals surface area contributed by atoms with E-state index in [1.54, 1.807) is 36.4 Å².